The van der Waals surface area contributed by atoms with Crippen LogP contribution in [0.2, 0.25) is 5.15 Å². The molecule has 2 aromatic rings. The van der Waals surface area contributed by atoms with Gasteiger partial charge in [0.25, 0.3) is 5.91 Å². The fourth-order valence-electron chi connectivity index (χ4n) is 2.12. The van der Waals surface area contributed by atoms with E-state index in [0.717, 1.165) is 7.05 Å². The largest absolute Gasteiger partial charge is 0.445 e. The molecule has 1 aromatic carbocycles. The van der Waals surface area contributed by atoms with Crippen molar-refractivity contribution in [1.29, 1.82) is 0 Å². The minimum absolute atomic E-state index is 0.147. The van der Waals surface area contributed by atoms with Gasteiger partial charge in [-0.1, -0.05) is 41.9 Å². The molecule has 1 aliphatic heterocycles. The quantitative estimate of drug-likeness (QED) is 0.813. The summed E-state index contributed by atoms with van der Waals surface area (Å²) >= 11 is 5.94. The summed E-state index contributed by atoms with van der Waals surface area (Å²) in [5, 5.41) is -0.278. The monoisotopic (exact) mass is 381 g/mol. The number of likely N-dealkylation sites (tertiary alicyclic amines) is 1. The first-order chi connectivity index (χ1) is 15.2. The van der Waals surface area contributed by atoms with Gasteiger partial charge in [-0.05, 0) is 18.3 Å². The summed E-state index contributed by atoms with van der Waals surface area (Å²) in [7, 11) is 1.07. The third-order valence-electron chi connectivity index (χ3n) is 3.42. The lowest BCUT2D eigenvalue weighted by Gasteiger charge is -2.27. The van der Waals surface area contributed by atoms with E-state index in [1.54, 1.807) is 30.3 Å². The van der Waals surface area contributed by atoms with Crippen LogP contribution in [0, 0.1) is 0 Å². The van der Waals surface area contributed by atoms with Gasteiger partial charge in [-0.3, -0.25) is 14.6 Å². The average Bonchev–Trinajstić information content (AvgIpc) is 2.85. The molecule has 136 valence electrons. The molecule has 0 N–H and O–H groups in total. The Morgan fingerprint density at radius 3 is 2.85 bits per heavy atom. The second-order valence-electron chi connectivity index (χ2n) is 5.12. The molecule has 7 nitrogen and oxygen atoms in total. The highest BCUT2D eigenvalue weighted by atomic mass is 35.5. The Hall–Kier alpha value is -2.67. The van der Waals surface area contributed by atoms with Gasteiger partial charge in [-0.25, -0.2) is 14.8 Å². The van der Waals surface area contributed by atoms with Crippen LogP contribution in [0.4, 0.5) is 10.6 Å². The molecule has 2 amide bonds. The van der Waals surface area contributed by atoms with Crippen LogP contribution in [0.25, 0.3) is 0 Å². The van der Waals surface area contributed by atoms with Crippen LogP contribution in [0.1, 0.15) is 27.9 Å². The highest BCUT2D eigenvalue weighted by Gasteiger charge is 2.37. The minimum Gasteiger partial charge on any atom is -0.445 e. The number of nitrogens with zero attached hydrogens (tertiary/aromatic N) is 4. The van der Waals surface area contributed by atoms with E-state index < -0.39 is 37.3 Å². The van der Waals surface area contributed by atoms with E-state index in [2.05, 4.69) is 9.97 Å². The van der Waals surface area contributed by atoms with Crippen molar-refractivity contribution < 1.29 is 23.9 Å². The summed E-state index contributed by atoms with van der Waals surface area (Å²) in [6, 6.07) is 4.82. The van der Waals surface area contributed by atoms with E-state index in [9.17, 15) is 9.59 Å². The fourth-order valence-corrected chi connectivity index (χ4v) is 2.35. The Bertz CT molecular complexity index is 1080. The van der Waals surface area contributed by atoms with E-state index in [0.29, 0.717) is 10.5 Å². The molecule has 0 bridgehead atoms. The molecule has 1 aromatic heterocycles. The normalized spacial score (nSPS) is 29.0. The molecule has 8 heteroatoms. The molecule has 0 saturated carbocycles. The molecule has 0 aliphatic carbocycles. The van der Waals surface area contributed by atoms with Gasteiger partial charge in [0.2, 0.25) is 0 Å². The van der Waals surface area contributed by atoms with Crippen molar-refractivity contribution in [2.75, 3.05) is 18.4 Å². The van der Waals surface area contributed by atoms with Crippen LogP contribution in [0.3, 0.4) is 0 Å². The second kappa shape index (κ2) is 8.14. The number of amides is 2. The third-order valence-corrected chi connectivity index (χ3v) is 3.69. The summed E-state index contributed by atoms with van der Waals surface area (Å²) in [5.74, 6) is -1.80. The molecule has 3 rings (SSSR count). The highest BCUT2D eigenvalue weighted by Crippen LogP contribution is 2.25. The molecule has 26 heavy (non-hydrogen) atoms. The molecule has 0 spiro atoms. The first-order valence-electron chi connectivity index (χ1n) is 11.0. The van der Waals surface area contributed by atoms with Crippen LogP contribution in [0.5, 0.6) is 0 Å². The Balaban J connectivity index is 2.07. The Kier molecular flexibility index (Phi) is 3.48. The van der Waals surface area contributed by atoms with E-state index in [1.165, 1.54) is 12.4 Å². The molecule has 0 radical (unpaired) electrons. The number of ether oxygens (including phenoxy) is 1. The van der Waals surface area contributed by atoms with Gasteiger partial charge in [-0.2, -0.15) is 0 Å². The zero-order valence-corrected chi connectivity index (χ0v) is 14.4. The summed E-state index contributed by atoms with van der Waals surface area (Å²) in [5.41, 5.74) is 0.502. The van der Waals surface area contributed by atoms with Crippen molar-refractivity contribution in [3.63, 3.8) is 0 Å². The summed E-state index contributed by atoms with van der Waals surface area (Å²) in [4.78, 5) is 34.4. The third kappa shape index (κ3) is 3.94. The number of likely N-dealkylation sites (N-methyl/N-ethyl adjacent to an activating group) is 1. The maximum absolute atomic E-state index is 13.4. The average molecular weight is 382 g/mol. The lowest BCUT2D eigenvalue weighted by Crippen LogP contribution is -2.47. The van der Waals surface area contributed by atoms with E-state index in [1.807, 2.05) is 0 Å². The number of carbonyl (C=O) groups is 2. The van der Waals surface area contributed by atoms with Crippen molar-refractivity contribution in [3.05, 3.63) is 53.4 Å². The first kappa shape index (κ1) is 11.1. The SMILES string of the molecule is [2H]C1([2H])N(C(=O)OCc2ccccc2)C([2H])(C(=O)N(C)c2nccnc2Cl)C([2H])([2H])C1([2H])[2H]. The van der Waals surface area contributed by atoms with Crippen LogP contribution in [-0.4, -0.2) is 46.4 Å². The van der Waals surface area contributed by atoms with Crippen molar-refractivity contribution in [1.82, 2.24) is 14.9 Å². The molecular formula is C18H19ClN4O3. The zero-order chi connectivity index (χ0) is 24.8. The van der Waals surface area contributed by atoms with Crippen molar-refractivity contribution in [3.8, 4) is 0 Å². The van der Waals surface area contributed by atoms with Gasteiger partial charge in [-0.15, -0.1) is 0 Å². The topological polar surface area (TPSA) is 75.6 Å². The minimum atomic E-state index is -3.52. The number of rotatable bonds is 4. The Morgan fingerprint density at radius 1 is 1.38 bits per heavy atom. The lowest BCUT2D eigenvalue weighted by molar-refractivity contribution is -0.122. The van der Waals surface area contributed by atoms with Crippen molar-refractivity contribution in [2.24, 2.45) is 0 Å². The molecule has 1 saturated heterocycles. The maximum atomic E-state index is 13.4. The van der Waals surface area contributed by atoms with Crippen LogP contribution < -0.4 is 4.90 Å². The van der Waals surface area contributed by atoms with Gasteiger partial charge in [0.15, 0.2) is 11.0 Å². The van der Waals surface area contributed by atoms with Crippen molar-refractivity contribution >= 4 is 29.4 Å². The molecule has 2 heterocycles. The van der Waals surface area contributed by atoms with Crippen LogP contribution in [-0.2, 0) is 16.1 Å². The number of benzene rings is 1. The zero-order valence-electron chi connectivity index (χ0n) is 20.6. The van der Waals surface area contributed by atoms with Gasteiger partial charge >= 0.3 is 6.09 Å². The highest BCUT2D eigenvalue weighted by molar-refractivity contribution is 6.32. The lowest BCUT2D eigenvalue weighted by atomic mass is 10.2. The van der Waals surface area contributed by atoms with Gasteiger partial charge < -0.3 is 4.74 Å². The number of hydrogen-bond donors (Lipinski definition) is 0. The summed E-state index contributed by atoms with van der Waals surface area (Å²) in [6.45, 7) is -3.82. The number of hydrogen-bond acceptors (Lipinski definition) is 5. The summed E-state index contributed by atoms with van der Waals surface area (Å²) in [6.07, 6.45) is -6.18. The van der Waals surface area contributed by atoms with E-state index in [4.69, 9.17) is 25.9 Å². The number of anilines is 1. The molecule has 1 aliphatic rings. The van der Waals surface area contributed by atoms with Crippen molar-refractivity contribution in [2.45, 2.75) is 25.4 Å². The predicted molar refractivity (Wildman–Crippen MR) is 96.8 cm³/mol. The Labute approximate surface area is 166 Å². The standard InChI is InChI=1S/C18H19ClN4O3/c1-22(16-15(19)20-9-10-21-16)17(24)14-8-5-11-23(14)18(25)26-12-13-6-3-2-4-7-13/h2-4,6-7,9-10,14H,5,8,11-12H2,1H3/i5D2,8D2,11D2,14D. The molecule has 1 fully saturated rings. The first-order valence-corrected chi connectivity index (χ1v) is 7.84. The molecular weight excluding hydrogens is 356 g/mol. The molecule has 1 unspecified atom stereocenters. The van der Waals surface area contributed by atoms with Crippen LogP contribution >= 0.6 is 11.6 Å². The van der Waals surface area contributed by atoms with E-state index >= 15 is 0 Å². The predicted octanol–water partition coefficient (Wildman–Crippen LogP) is 2.89. The number of halogens is 1. The fraction of sp³-hybridized carbons (Fsp3) is 0.333. The van der Waals surface area contributed by atoms with Gasteiger partial charge in [0.1, 0.15) is 12.6 Å². The smallest absolute Gasteiger partial charge is 0.410 e. The Morgan fingerprint density at radius 2 is 2.12 bits per heavy atom. The maximum Gasteiger partial charge on any atom is 0.410 e. The van der Waals surface area contributed by atoms with Crippen LogP contribution in [0.15, 0.2) is 42.7 Å². The van der Waals surface area contributed by atoms with Gasteiger partial charge in [0, 0.05) is 34.2 Å². The van der Waals surface area contributed by atoms with Gasteiger partial charge in [0.05, 0.1) is 1.37 Å². The number of aromatic nitrogens is 2. The second-order valence-corrected chi connectivity index (χ2v) is 5.48. The van der Waals surface area contributed by atoms with E-state index in [-0.39, 0.29) is 22.5 Å². The number of carbonyl (C=O) groups excluding carboxylic acids is 2. The molecule has 1 atom stereocenters. The summed E-state index contributed by atoms with van der Waals surface area (Å²) < 4.78 is 62.8.